The number of rotatable bonds is 13. The third kappa shape index (κ3) is 17.2. The van der Waals surface area contributed by atoms with E-state index >= 15 is 0 Å². The molecule has 21 heteroatoms. The predicted molar refractivity (Wildman–Crippen MR) is 331 cm³/mol. The zero-order valence-electron chi connectivity index (χ0n) is 50.5. The van der Waals surface area contributed by atoms with E-state index in [0.717, 1.165) is 70.7 Å². The molecule has 2 bridgehead atoms. The number of amides is 4. The van der Waals surface area contributed by atoms with Crippen molar-refractivity contribution in [2.45, 2.75) is 190 Å². The first kappa shape index (κ1) is 66.6. The molecule has 3 heterocycles. The molecule has 0 saturated heterocycles. The summed E-state index contributed by atoms with van der Waals surface area (Å²) in [5, 5.41) is 20.4. The first-order valence-corrected chi connectivity index (χ1v) is 33.4. The fraction of sp³-hybridized carbons (Fsp3) is 0.508. The van der Waals surface area contributed by atoms with Gasteiger partial charge in [-0.1, -0.05) is 44.4 Å². The van der Waals surface area contributed by atoms with Gasteiger partial charge in [0.2, 0.25) is 29.3 Å². The lowest BCUT2D eigenvalue weighted by molar-refractivity contribution is -0.438. The maximum atomic E-state index is 13.6. The molecule has 0 radical (unpaired) electrons. The van der Waals surface area contributed by atoms with Crippen LogP contribution in [0.2, 0.25) is 0 Å². The number of aryl methyl sites for hydroxylation is 1. The zero-order chi connectivity index (χ0) is 62.2. The van der Waals surface area contributed by atoms with E-state index in [0.29, 0.717) is 121 Å². The minimum Gasteiger partial charge on any atom is -0.481 e. The molecular formula is C65H87N6O13S2+. The maximum absolute atomic E-state index is 13.6. The van der Waals surface area contributed by atoms with Crippen molar-refractivity contribution in [3.8, 4) is 5.75 Å². The number of ether oxygens (including phenoxy) is 1. The minimum atomic E-state index is -4.56. The van der Waals surface area contributed by atoms with Crippen LogP contribution in [0.4, 0.5) is 11.4 Å². The SMILES string of the molecule is CCC1(C)C2=[N+](CCCCCC(=O)NCC(=O)NCCCCC(C(=O)NCCCCCC(=O)O)NC(=O)CCCCCN3/C(=C/C=C4\CCCC(=C4Oc4ccc(S(=O)(=O)O)cc4)/C=C/2)C(C)(CC)c2cc(S(=O)(=O)O)ccc23)c2ccc(C)cc21. The largest absolute Gasteiger partial charge is 0.481 e. The van der Waals surface area contributed by atoms with E-state index < -0.39 is 37.7 Å². The lowest BCUT2D eigenvalue weighted by Crippen LogP contribution is -2.47. The van der Waals surface area contributed by atoms with Crippen LogP contribution >= 0.6 is 0 Å². The van der Waals surface area contributed by atoms with Crippen LogP contribution in [0.3, 0.4) is 0 Å². The summed E-state index contributed by atoms with van der Waals surface area (Å²) >= 11 is 0. The molecule has 3 aliphatic heterocycles. The Balaban J connectivity index is 1.25. The van der Waals surface area contributed by atoms with Crippen LogP contribution in [-0.2, 0) is 55.0 Å². The second kappa shape index (κ2) is 30.1. The zero-order valence-corrected chi connectivity index (χ0v) is 52.1. The molecule has 4 aliphatic rings. The maximum Gasteiger partial charge on any atom is 0.303 e. The Labute approximate surface area is 507 Å². The number of hydrogen-bond acceptors (Lipinski definition) is 11. The Kier molecular flexibility index (Phi) is 23.3. The highest BCUT2D eigenvalue weighted by molar-refractivity contribution is 7.86. The number of nitrogens with one attached hydrogen (secondary N) is 4. The number of fused-ring (bicyclic) bond motifs is 6. The van der Waals surface area contributed by atoms with E-state index in [-0.39, 0.29) is 64.6 Å². The van der Waals surface area contributed by atoms with E-state index in [9.17, 15) is 49.9 Å². The second-order valence-electron chi connectivity index (χ2n) is 23.4. The smallest absolute Gasteiger partial charge is 0.303 e. The van der Waals surface area contributed by atoms with E-state index in [2.05, 4.69) is 94.9 Å². The Morgan fingerprint density at radius 3 is 2.14 bits per heavy atom. The van der Waals surface area contributed by atoms with Gasteiger partial charge in [0, 0.05) is 79.8 Å². The summed E-state index contributed by atoms with van der Waals surface area (Å²) < 4.78 is 78.8. The summed E-state index contributed by atoms with van der Waals surface area (Å²) in [6.07, 6.45) is 19.2. The molecule has 19 nitrogen and oxygen atoms in total. The molecular weight excluding hydrogens is 1140 g/mol. The topological polar surface area (TPSA) is 278 Å². The molecule has 86 heavy (non-hydrogen) atoms. The number of anilines is 1. The van der Waals surface area contributed by atoms with Crippen molar-refractivity contribution in [2.24, 2.45) is 0 Å². The standard InChI is InChI=1S/C65H86N6O13S2/c1-6-64(4)51-42-45(3)26-34-54(51)70-40-17-9-11-23-58(72)68-44-60(74)66-38-16-14-22-53(63(77)67-39-15-8-13-25-61(75)76)69-59(73)24-12-10-18-41-71-55-35-33-50(86(81,82)83)43-52(55)65(5,7-2)57(71)37-28-47-21-19-20-46(27-36-56(64)70)62(47)84-48-29-31-49(32-30-48)85(78,79)80/h26-37,42-43,53H,6-25,38-41,44H2,1-5H3,(H6-,66,67,68,69,72,73,74,75,76,77,78,79,80,81,82,83)/p+1. The Bertz CT molecular complexity index is 3390. The van der Waals surface area contributed by atoms with Crippen LogP contribution < -0.4 is 30.9 Å². The molecule has 3 unspecified atom stereocenters. The van der Waals surface area contributed by atoms with Crippen molar-refractivity contribution < 1.29 is 64.3 Å². The van der Waals surface area contributed by atoms with Crippen molar-refractivity contribution in [3.05, 3.63) is 124 Å². The van der Waals surface area contributed by atoms with E-state index in [1.807, 2.05) is 13.0 Å². The first-order valence-electron chi connectivity index (χ1n) is 30.5. The van der Waals surface area contributed by atoms with Crippen molar-refractivity contribution in [1.29, 1.82) is 0 Å². The molecule has 3 atom stereocenters. The lowest BCUT2D eigenvalue weighted by atomic mass is 9.76. The fourth-order valence-electron chi connectivity index (χ4n) is 12.0. The molecule has 4 amide bonds. The summed E-state index contributed by atoms with van der Waals surface area (Å²) in [5.74, 6) is -1.15. The van der Waals surface area contributed by atoms with E-state index in [1.54, 1.807) is 12.1 Å². The Morgan fingerprint density at radius 1 is 0.721 bits per heavy atom. The first-order chi connectivity index (χ1) is 41.0. The number of nitrogens with zero attached hydrogens (tertiary/aromatic N) is 2. The van der Waals surface area contributed by atoms with Gasteiger partial charge in [0.1, 0.15) is 24.1 Å². The van der Waals surface area contributed by atoms with Crippen LogP contribution in [0, 0.1) is 6.92 Å². The quantitative estimate of drug-likeness (QED) is 0.0477. The number of aliphatic carboxylic acids is 1. The predicted octanol–water partition coefficient (Wildman–Crippen LogP) is 10.1. The van der Waals surface area contributed by atoms with Crippen LogP contribution in [0.25, 0.3) is 0 Å². The van der Waals surface area contributed by atoms with Gasteiger partial charge in [-0.05, 0) is 188 Å². The average molecular weight is 1220 g/mol. The number of unbranched alkanes of at least 4 members (excludes halogenated alkanes) is 2. The molecule has 7 N–H and O–H groups in total. The highest BCUT2D eigenvalue weighted by Gasteiger charge is 2.47. The molecule has 1 aliphatic carbocycles. The average Bonchev–Trinajstić information content (AvgIpc) is 1.72. The summed E-state index contributed by atoms with van der Waals surface area (Å²) in [5.41, 5.74) is 7.67. The highest BCUT2D eigenvalue weighted by atomic mass is 32.2. The fourth-order valence-corrected chi connectivity index (χ4v) is 13.0. The van der Waals surface area contributed by atoms with Gasteiger partial charge in [0.25, 0.3) is 20.2 Å². The van der Waals surface area contributed by atoms with Gasteiger partial charge in [-0.15, -0.1) is 0 Å². The van der Waals surface area contributed by atoms with Gasteiger partial charge >= 0.3 is 5.97 Å². The summed E-state index contributed by atoms with van der Waals surface area (Å²) in [7, 11) is -9.05. The van der Waals surface area contributed by atoms with Crippen molar-refractivity contribution in [3.63, 3.8) is 0 Å². The van der Waals surface area contributed by atoms with Gasteiger partial charge < -0.3 is 36.0 Å². The third-order valence-electron chi connectivity index (χ3n) is 17.3. The Morgan fingerprint density at radius 2 is 1.43 bits per heavy atom. The Hall–Kier alpha value is -6.94. The number of allylic oxidation sites excluding steroid dienone is 7. The van der Waals surface area contributed by atoms with Crippen LogP contribution in [0.1, 0.15) is 173 Å². The highest BCUT2D eigenvalue weighted by Crippen LogP contribution is 2.51. The summed E-state index contributed by atoms with van der Waals surface area (Å²) in [6.45, 7) is 12.3. The van der Waals surface area contributed by atoms with E-state index in [1.165, 1.54) is 35.9 Å². The van der Waals surface area contributed by atoms with Crippen LogP contribution in [-0.4, -0.2) is 110 Å². The monoisotopic (exact) mass is 1220 g/mol. The van der Waals surface area contributed by atoms with Gasteiger partial charge in [0.05, 0.1) is 21.8 Å². The van der Waals surface area contributed by atoms with Gasteiger partial charge in [-0.2, -0.15) is 21.4 Å². The normalized spacial score (nSPS) is 23.6. The molecule has 0 spiro atoms. The number of hydrogen-bond donors (Lipinski definition) is 7. The molecule has 3 aromatic rings. The third-order valence-corrected chi connectivity index (χ3v) is 19.0. The van der Waals surface area contributed by atoms with Gasteiger partial charge in [-0.3, -0.25) is 33.1 Å². The number of carboxylic acids is 1. The molecule has 7 rings (SSSR count). The summed E-state index contributed by atoms with van der Waals surface area (Å²) in [6, 6.07) is 16.0. The lowest BCUT2D eigenvalue weighted by Gasteiger charge is -2.30. The summed E-state index contributed by atoms with van der Waals surface area (Å²) in [4.78, 5) is 65.5. The number of carbonyl (C=O) groups is 5. The molecule has 0 saturated carbocycles. The molecule has 466 valence electrons. The van der Waals surface area contributed by atoms with Gasteiger partial charge in [0.15, 0.2) is 5.71 Å². The van der Waals surface area contributed by atoms with Crippen molar-refractivity contribution in [1.82, 2.24) is 21.3 Å². The van der Waals surface area contributed by atoms with Gasteiger partial charge in [-0.25, -0.2) is 0 Å². The van der Waals surface area contributed by atoms with Crippen LogP contribution in [0.15, 0.2) is 117 Å². The molecule has 0 fully saturated rings. The van der Waals surface area contributed by atoms with Crippen LogP contribution in [0.5, 0.6) is 5.75 Å². The molecule has 0 aromatic heterocycles. The minimum absolute atomic E-state index is 0.0408. The molecule has 3 aromatic carbocycles. The number of benzene rings is 3. The van der Waals surface area contributed by atoms with E-state index in [4.69, 9.17) is 9.84 Å². The second-order valence-corrected chi connectivity index (χ2v) is 26.3. The van der Waals surface area contributed by atoms with Crippen molar-refractivity contribution in [2.75, 3.05) is 37.6 Å². The number of carbonyl (C=O) groups excluding carboxylic acids is 4. The van der Waals surface area contributed by atoms with Crippen molar-refractivity contribution >= 4 is 66.9 Å². The number of carboxylic acid groups (broad SMARTS) is 1.